The summed E-state index contributed by atoms with van der Waals surface area (Å²) in [5.74, 6) is 0. The van der Waals surface area contributed by atoms with Gasteiger partial charge < -0.3 is 0 Å². The van der Waals surface area contributed by atoms with Crippen molar-refractivity contribution < 1.29 is 0 Å². The molecule has 2 aliphatic carbocycles. The Labute approximate surface area is 390 Å². The molecule has 2 aliphatic rings. The molecule has 66 heavy (non-hydrogen) atoms. The second-order valence-corrected chi connectivity index (χ2v) is 20.7. The van der Waals surface area contributed by atoms with E-state index in [4.69, 9.17) is 0 Å². The molecule has 0 N–H and O–H groups in total. The number of allylic oxidation sites excluding steroid dienone is 2. The van der Waals surface area contributed by atoms with Gasteiger partial charge in [-0.1, -0.05) is 186 Å². The van der Waals surface area contributed by atoms with Crippen molar-refractivity contribution in [3.05, 3.63) is 234 Å². The van der Waals surface area contributed by atoms with Gasteiger partial charge in [0.1, 0.15) is 0 Å². The molecule has 1 aromatic heterocycles. The summed E-state index contributed by atoms with van der Waals surface area (Å²) in [5.41, 5.74) is 20.6. The first kappa shape index (κ1) is 39.1. The van der Waals surface area contributed by atoms with Crippen molar-refractivity contribution in [1.82, 2.24) is 0 Å². The fourth-order valence-corrected chi connectivity index (χ4v) is 13.3. The summed E-state index contributed by atoms with van der Waals surface area (Å²) in [6.45, 7) is 16.2. The normalized spacial score (nSPS) is 14.7. The Bertz CT molecular complexity index is 3890. The van der Waals surface area contributed by atoms with Crippen LogP contribution < -0.4 is 0 Å². The zero-order chi connectivity index (χ0) is 44.6. The second-order valence-electron chi connectivity index (χ2n) is 19.7. The van der Waals surface area contributed by atoms with Gasteiger partial charge in [-0.2, -0.15) is 0 Å². The summed E-state index contributed by atoms with van der Waals surface area (Å²) in [7, 11) is 0. The molecule has 0 amide bonds. The van der Waals surface area contributed by atoms with Crippen LogP contribution in [0.2, 0.25) is 0 Å². The molecule has 0 atom stereocenters. The predicted molar refractivity (Wildman–Crippen MR) is 286 cm³/mol. The predicted octanol–water partition coefficient (Wildman–Crippen LogP) is 18.4. The van der Waals surface area contributed by atoms with E-state index >= 15 is 0 Å². The summed E-state index contributed by atoms with van der Waals surface area (Å²) >= 11 is 1.89. The lowest BCUT2D eigenvalue weighted by Gasteiger charge is -2.24. The maximum Gasteiger partial charge on any atom is 0.0358 e. The summed E-state index contributed by atoms with van der Waals surface area (Å²) in [6.07, 6.45) is 2.11. The van der Waals surface area contributed by atoms with E-state index in [-0.39, 0.29) is 10.8 Å². The smallest absolute Gasteiger partial charge is 0.0358 e. The molecule has 0 radical (unpaired) electrons. The highest BCUT2D eigenvalue weighted by Crippen LogP contribution is 2.55. The van der Waals surface area contributed by atoms with Gasteiger partial charge in [0.25, 0.3) is 0 Å². The molecule has 0 saturated carbocycles. The van der Waals surface area contributed by atoms with Crippen molar-refractivity contribution in [3.8, 4) is 44.5 Å². The van der Waals surface area contributed by atoms with Gasteiger partial charge in [0, 0.05) is 31.0 Å². The fourth-order valence-electron chi connectivity index (χ4n) is 12.1. The Kier molecular flexibility index (Phi) is 8.34. The van der Waals surface area contributed by atoms with Crippen LogP contribution in [0, 0.1) is 6.92 Å². The lowest BCUT2D eigenvalue weighted by Crippen LogP contribution is -2.16. The minimum atomic E-state index is -0.204. The highest BCUT2D eigenvalue weighted by molar-refractivity contribution is 7.25. The Morgan fingerprint density at radius 3 is 1.67 bits per heavy atom. The maximum absolute atomic E-state index is 4.41. The Morgan fingerprint density at radius 2 is 0.970 bits per heavy atom. The third-order valence-corrected chi connectivity index (χ3v) is 16.5. The number of hydrogen-bond acceptors (Lipinski definition) is 1. The van der Waals surface area contributed by atoms with E-state index in [2.05, 4.69) is 229 Å². The van der Waals surface area contributed by atoms with Gasteiger partial charge in [-0.15, -0.1) is 11.3 Å². The largest absolute Gasteiger partial charge is 0.135 e. The fraction of sp³-hybridized carbons (Fsp3) is 0.108. The zero-order valence-electron chi connectivity index (χ0n) is 38.0. The average molecular weight is 861 g/mol. The maximum atomic E-state index is 4.41. The molecule has 1 heteroatoms. The first-order valence-electron chi connectivity index (χ1n) is 23.3. The number of hydrogen-bond donors (Lipinski definition) is 0. The minimum Gasteiger partial charge on any atom is -0.135 e. The van der Waals surface area contributed by atoms with Gasteiger partial charge in [0.05, 0.1) is 0 Å². The summed E-state index contributed by atoms with van der Waals surface area (Å²) in [4.78, 5) is 0. The molecule has 0 aliphatic heterocycles. The van der Waals surface area contributed by atoms with Crippen LogP contribution in [0.1, 0.15) is 61.1 Å². The molecule has 0 bridgehead atoms. The van der Waals surface area contributed by atoms with E-state index in [9.17, 15) is 0 Å². The summed E-state index contributed by atoms with van der Waals surface area (Å²) < 4.78 is 2.68. The number of aryl methyl sites for hydroxylation is 1. The summed E-state index contributed by atoms with van der Waals surface area (Å²) in [6, 6.07) is 68.9. The van der Waals surface area contributed by atoms with E-state index in [1.807, 2.05) is 11.3 Å². The van der Waals surface area contributed by atoms with Crippen molar-refractivity contribution in [2.24, 2.45) is 0 Å². The van der Waals surface area contributed by atoms with E-state index in [1.54, 1.807) is 0 Å². The van der Waals surface area contributed by atoms with E-state index in [1.165, 1.54) is 142 Å². The molecule has 0 nitrogen and oxygen atoms in total. The van der Waals surface area contributed by atoms with E-state index in [0.29, 0.717) is 0 Å². The Balaban J connectivity index is 0.924. The average Bonchev–Trinajstić information content (AvgIpc) is 3.90. The van der Waals surface area contributed by atoms with Crippen LogP contribution in [0.5, 0.6) is 0 Å². The highest BCUT2D eigenvalue weighted by atomic mass is 32.1. The molecule has 0 fully saturated rings. The number of rotatable bonds is 5. The van der Waals surface area contributed by atoms with E-state index < -0.39 is 0 Å². The van der Waals surface area contributed by atoms with Crippen LogP contribution in [0.15, 0.2) is 200 Å². The van der Waals surface area contributed by atoms with Gasteiger partial charge in [-0.05, 0) is 165 Å². The molecule has 314 valence electrons. The molecule has 0 unspecified atom stereocenters. The molecule has 1 heterocycles. The quantitative estimate of drug-likeness (QED) is 0.151. The highest BCUT2D eigenvalue weighted by Gasteiger charge is 2.39. The van der Waals surface area contributed by atoms with Crippen molar-refractivity contribution in [1.29, 1.82) is 0 Å². The van der Waals surface area contributed by atoms with Crippen molar-refractivity contribution >= 4 is 69.4 Å². The second kappa shape index (κ2) is 14.1. The summed E-state index contributed by atoms with van der Waals surface area (Å²) in [5, 5.41) is 10.3. The SMILES string of the molecule is C=CC1=C(c2cc3c(cc2C)sc2ccccc23)c2ccc(-c3ccc4c(c3)C(C)(C)c3ccc(-c5c6ccccc6c(-c6cccc7ccccc67)c6ccccc56)cc3-4)cc2C1(C)C. The van der Waals surface area contributed by atoms with Gasteiger partial charge in [-0.3, -0.25) is 0 Å². The number of thiophene rings is 1. The molecule has 0 spiro atoms. The number of benzene rings is 10. The van der Waals surface area contributed by atoms with Crippen LogP contribution in [-0.2, 0) is 10.8 Å². The Morgan fingerprint density at radius 1 is 0.394 bits per heavy atom. The monoisotopic (exact) mass is 860 g/mol. The molecular weight excluding hydrogens is 813 g/mol. The van der Waals surface area contributed by atoms with Crippen molar-refractivity contribution in [2.45, 2.75) is 45.4 Å². The van der Waals surface area contributed by atoms with Crippen LogP contribution >= 0.6 is 11.3 Å². The van der Waals surface area contributed by atoms with E-state index in [0.717, 1.165) is 0 Å². The number of fused-ring (bicyclic) bond motifs is 10. The van der Waals surface area contributed by atoms with Gasteiger partial charge in [-0.25, -0.2) is 0 Å². The topological polar surface area (TPSA) is 0 Å². The molecule has 11 aromatic rings. The molecule has 13 rings (SSSR count). The first-order chi connectivity index (χ1) is 32.1. The van der Waals surface area contributed by atoms with Crippen molar-refractivity contribution in [2.75, 3.05) is 0 Å². The van der Waals surface area contributed by atoms with Crippen LogP contribution in [0.4, 0.5) is 0 Å². The molecule has 10 aromatic carbocycles. The standard InChI is InChI=1S/C65H48S/c1-7-55-63(52-37-54-45-20-14-15-26-59(45)66-60(54)33-38(52)2)51-31-28-41(36-58(51)64(55,3)4)40-27-30-44-53-34-42(29-32-56(53)65(5,6)57(44)35-40)61-47-21-10-12-23-49(47)62(50-24-13-11-22-48(50)61)46-25-16-18-39-17-8-9-19-43(39)46/h7-37H,1H2,2-6H3. The van der Waals surface area contributed by atoms with Gasteiger partial charge >= 0.3 is 0 Å². The third-order valence-electron chi connectivity index (χ3n) is 15.4. The van der Waals surface area contributed by atoms with Crippen molar-refractivity contribution in [3.63, 3.8) is 0 Å². The Hall–Kier alpha value is -7.32. The van der Waals surface area contributed by atoms with Crippen LogP contribution in [0.3, 0.4) is 0 Å². The lowest BCUT2D eigenvalue weighted by molar-refractivity contribution is 0.654. The third kappa shape index (κ3) is 5.44. The van der Waals surface area contributed by atoms with Gasteiger partial charge in [0.2, 0.25) is 0 Å². The molecular formula is C65H48S. The first-order valence-corrected chi connectivity index (χ1v) is 24.1. The minimum absolute atomic E-state index is 0.162. The van der Waals surface area contributed by atoms with Crippen LogP contribution in [-0.4, -0.2) is 0 Å². The zero-order valence-corrected chi connectivity index (χ0v) is 38.8. The van der Waals surface area contributed by atoms with Gasteiger partial charge in [0.15, 0.2) is 0 Å². The van der Waals surface area contributed by atoms with Crippen LogP contribution in [0.25, 0.3) is 103 Å². The molecule has 0 saturated heterocycles. The lowest BCUT2D eigenvalue weighted by atomic mass is 9.79.